The van der Waals surface area contributed by atoms with Crippen LogP contribution in [0.25, 0.3) is 121 Å². The molecule has 17 rings (SSSR count). The first-order chi connectivity index (χ1) is 53.6. The number of benzene rings is 11. The maximum Gasteiger partial charge on any atom is 0.155 e. The zero-order valence-electron chi connectivity index (χ0n) is 63.8. The number of aliphatic hydroxyl groups is 2. The maximum absolute atomic E-state index is 13.3. The predicted molar refractivity (Wildman–Crippen MR) is 447 cm³/mol. The normalized spacial score (nSPS) is 10.2. The number of aromatic nitrogens is 6. The summed E-state index contributed by atoms with van der Waals surface area (Å²) in [6.07, 6.45) is 13.3. The zero-order valence-corrected chi connectivity index (χ0v) is 75.7. The molecule has 6 aromatic heterocycles. The van der Waals surface area contributed by atoms with Crippen LogP contribution in [0.3, 0.4) is 0 Å². The molecule has 11 aromatic carbocycles. The Bertz CT molecular complexity index is 5580. The molecule has 10 nitrogen and oxygen atoms in total. The molecule has 5 radical (unpaired) electrons. The van der Waals surface area contributed by atoms with Crippen LogP contribution in [0.1, 0.15) is 44.4 Å². The molecule has 0 fully saturated rings. The predicted octanol–water partition coefficient (Wildman–Crippen LogP) is 24.2. The van der Waals surface area contributed by atoms with Crippen molar-refractivity contribution in [2.24, 2.45) is 0 Å². The molecule has 0 aliphatic heterocycles. The number of carbonyl (C=O) groups is 2. The van der Waals surface area contributed by atoms with Gasteiger partial charge in [0.1, 0.15) is 0 Å². The zero-order chi connectivity index (χ0) is 77.4. The Hall–Kier alpha value is -10.8. The van der Waals surface area contributed by atoms with Crippen LogP contribution in [0.5, 0.6) is 0 Å². The standard InChI is InChI=1S/C16H11FN.2C16H12N.2C15H10N.C11H8N.2C5H8O2.5Ir/c1-11-10-13(6-7-15(11)17)16-14-5-3-2-4-12(14)8-9-18-16;2*1-12-6-8-14(9-7-12)16-15-5-3-2-4-13(15)10-11-17-16;2*1-2-7-13(8-3-1)15-14-9-5-4-6-12(14)10-11-16-15;1-2-6-10(7-3-1)11-8-4-5-9-12-11;2*1-4(6)3-5(2)7;;;;;/h2-5,7-10H,1H3;2*2-8,10-11H,1H3;2*1-7,9-11H;1-6,8-9H;2*3,6H,1-2H3;;;;;/q6*-1;;;;;;;. The number of hydrogen-bond donors (Lipinski definition) is 2. The van der Waals surface area contributed by atoms with Crippen LogP contribution in [-0.2, 0) is 110 Å². The van der Waals surface area contributed by atoms with Gasteiger partial charge in [-0.25, -0.2) is 0 Å². The van der Waals surface area contributed by atoms with Gasteiger partial charge in [0.05, 0.1) is 11.5 Å². The molecule has 0 amide bonds. The molecule has 0 aliphatic rings. The number of halogens is 1. The van der Waals surface area contributed by atoms with Crippen molar-refractivity contribution >= 4 is 65.4 Å². The van der Waals surface area contributed by atoms with Gasteiger partial charge in [-0.1, -0.05) is 160 Å². The van der Waals surface area contributed by atoms with Crippen molar-refractivity contribution in [2.75, 3.05) is 0 Å². The molecule has 0 unspecified atom stereocenters. The minimum atomic E-state index is -0.237. The van der Waals surface area contributed by atoms with Crippen molar-refractivity contribution in [1.82, 2.24) is 29.9 Å². The monoisotopic (exact) mass is 2400 g/mol. The van der Waals surface area contributed by atoms with E-state index in [1.165, 1.54) is 100 Å². The molecule has 115 heavy (non-hydrogen) atoms. The van der Waals surface area contributed by atoms with E-state index in [9.17, 15) is 14.0 Å². The van der Waals surface area contributed by atoms with E-state index in [-0.39, 0.29) is 129 Å². The molecule has 0 saturated heterocycles. The van der Waals surface area contributed by atoms with Gasteiger partial charge in [0, 0.05) is 156 Å². The van der Waals surface area contributed by atoms with E-state index < -0.39 is 0 Å². The average Bonchev–Trinajstić information content (AvgIpc) is 0.821. The molecule has 0 aliphatic carbocycles. The van der Waals surface area contributed by atoms with Gasteiger partial charge in [-0.15, -0.1) is 202 Å². The van der Waals surface area contributed by atoms with Crippen molar-refractivity contribution < 1.29 is 125 Å². The van der Waals surface area contributed by atoms with E-state index in [4.69, 9.17) is 10.2 Å². The van der Waals surface area contributed by atoms with Crippen LogP contribution < -0.4 is 0 Å². The van der Waals surface area contributed by atoms with E-state index in [2.05, 4.69) is 153 Å². The summed E-state index contributed by atoms with van der Waals surface area (Å²) in [4.78, 5) is 46.5. The van der Waals surface area contributed by atoms with Crippen molar-refractivity contribution in [3.63, 3.8) is 0 Å². The second kappa shape index (κ2) is 49.8. The van der Waals surface area contributed by atoms with Crippen LogP contribution in [-0.4, -0.2) is 51.7 Å². The minimum absolute atomic E-state index is 0. The first-order valence-corrected chi connectivity index (χ1v) is 35.5. The Morgan fingerprint density at radius 1 is 0.304 bits per heavy atom. The fraction of sp³-hybridized carbons (Fsp3) is 0.0707. The van der Waals surface area contributed by atoms with E-state index in [1.807, 2.05) is 231 Å². The van der Waals surface area contributed by atoms with E-state index in [0.717, 1.165) is 78.3 Å². The number of fused-ring (bicyclic) bond motifs is 5. The van der Waals surface area contributed by atoms with Crippen molar-refractivity contribution in [1.29, 1.82) is 0 Å². The summed E-state index contributed by atoms with van der Waals surface area (Å²) in [7, 11) is 0. The number of allylic oxidation sites excluding steroid dienone is 4. The number of aliphatic hydroxyl groups excluding tert-OH is 2. The molecule has 0 spiro atoms. The number of aryl methyl sites for hydroxylation is 3. The van der Waals surface area contributed by atoms with Crippen LogP contribution in [0.4, 0.5) is 4.39 Å². The summed E-state index contributed by atoms with van der Waals surface area (Å²) in [6, 6.07) is 115. The molecule has 2 N–H and O–H groups in total. The minimum Gasteiger partial charge on any atom is -0.512 e. The van der Waals surface area contributed by atoms with Crippen LogP contribution in [0.15, 0.2) is 352 Å². The maximum atomic E-state index is 13.3. The molecule has 17 aromatic rings. The molecular formula is C99H79FIr5N6O4-6. The second-order valence-corrected chi connectivity index (χ2v) is 25.2. The molecule has 587 valence electrons. The third-order valence-electron chi connectivity index (χ3n) is 16.6. The third kappa shape index (κ3) is 28.9. The van der Waals surface area contributed by atoms with Crippen molar-refractivity contribution in [3.05, 3.63) is 411 Å². The Kier molecular flexibility index (Phi) is 41.0. The van der Waals surface area contributed by atoms with E-state index >= 15 is 0 Å². The van der Waals surface area contributed by atoms with Crippen molar-refractivity contribution in [2.45, 2.75) is 48.5 Å². The Labute approximate surface area is 740 Å². The fourth-order valence-electron chi connectivity index (χ4n) is 11.4. The molecule has 0 saturated carbocycles. The van der Waals surface area contributed by atoms with E-state index in [1.54, 1.807) is 25.4 Å². The van der Waals surface area contributed by atoms with E-state index in [0.29, 0.717) is 5.56 Å². The first kappa shape index (κ1) is 94.8. The van der Waals surface area contributed by atoms with Gasteiger partial charge in [-0.2, -0.15) is 0 Å². The quantitative estimate of drug-likeness (QED) is 0.0854. The Balaban J connectivity index is 0.000000237. The Morgan fingerprint density at radius 3 is 0.852 bits per heavy atom. The second-order valence-electron chi connectivity index (χ2n) is 25.2. The van der Waals surface area contributed by atoms with Gasteiger partial charge < -0.3 is 40.1 Å². The Morgan fingerprint density at radius 2 is 0.591 bits per heavy atom. The summed E-state index contributed by atoms with van der Waals surface area (Å²) >= 11 is 0. The fourth-order valence-corrected chi connectivity index (χ4v) is 11.4. The third-order valence-corrected chi connectivity index (χ3v) is 16.6. The molecular weight excluding hydrogens is 2320 g/mol. The smallest absolute Gasteiger partial charge is 0.155 e. The number of rotatable bonds is 8. The van der Waals surface area contributed by atoms with Gasteiger partial charge in [0.15, 0.2) is 11.6 Å². The molecule has 6 heterocycles. The van der Waals surface area contributed by atoms with Gasteiger partial charge in [0.25, 0.3) is 0 Å². The number of hydrogen-bond acceptors (Lipinski definition) is 10. The largest absolute Gasteiger partial charge is 0.512 e. The van der Waals surface area contributed by atoms with Crippen molar-refractivity contribution in [3.8, 4) is 67.5 Å². The summed E-state index contributed by atoms with van der Waals surface area (Å²) in [5, 5.41) is 28.5. The summed E-state index contributed by atoms with van der Waals surface area (Å²) in [5.41, 5.74) is 14.9. The number of nitrogens with zero attached hydrogens (tertiary/aromatic N) is 6. The first-order valence-electron chi connectivity index (χ1n) is 35.5. The van der Waals surface area contributed by atoms with Gasteiger partial charge in [-0.05, 0) is 152 Å². The van der Waals surface area contributed by atoms with Crippen LogP contribution >= 0.6 is 0 Å². The summed E-state index contributed by atoms with van der Waals surface area (Å²) in [6.45, 7) is 11.6. The summed E-state index contributed by atoms with van der Waals surface area (Å²) in [5.74, 6) is -0.362. The number of pyridine rings is 6. The SMILES string of the molecule is CC(=O)C=C(C)O.CC(=O)C=C(C)O.Cc1c[c-]c(-c2nccc3ccccc23)cc1.Cc1c[c-]c(-c2nccc3ccccc23)cc1.Cc1cc(-c2nccc3ccccc23)[c-]cc1F.[Ir].[Ir].[Ir].[Ir].[Ir].[c-]1ccccc1-c1ccccn1.[c-]1ccccc1-c1nccc2ccccc12.[c-]1ccccc1-c1nccc2ccccc12. The topological polar surface area (TPSA) is 152 Å². The van der Waals surface area contributed by atoms with Crippen LogP contribution in [0.2, 0.25) is 0 Å². The molecule has 16 heteroatoms. The number of ketones is 2. The number of carbonyl (C=O) groups excluding carboxylic acids is 2. The molecule has 0 bridgehead atoms. The molecule has 0 atom stereocenters. The van der Waals surface area contributed by atoms with Gasteiger partial charge in [-0.3, -0.25) is 14.0 Å². The van der Waals surface area contributed by atoms with Gasteiger partial charge in [0.2, 0.25) is 0 Å². The van der Waals surface area contributed by atoms with Crippen LogP contribution in [0, 0.1) is 63.0 Å². The average molecular weight is 2400 g/mol. The summed E-state index contributed by atoms with van der Waals surface area (Å²) < 4.78 is 13.3. The van der Waals surface area contributed by atoms with Gasteiger partial charge >= 0.3 is 0 Å².